The Morgan fingerprint density at radius 1 is 1.50 bits per heavy atom. The SMILES string of the molecule is CCCCNC(=O)Cc1ccc(N)c(O)c1. The Labute approximate surface area is 95.5 Å². The van der Waals surface area contributed by atoms with Gasteiger partial charge >= 0.3 is 0 Å². The zero-order valence-electron chi connectivity index (χ0n) is 9.49. The highest BCUT2D eigenvalue weighted by Gasteiger charge is 2.04. The molecule has 0 spiro atoms. The fourth-order valence-electron chi connectivity index (χ4n) is 1.35. The molecule has 0 aliphatic rings. The summed E-state index contributed by atoms with van der Waals surface area (Å²) >= 11 is 0. The van der Waals surface area contributed by atoms with Crippen LogP contribution in [0.4, 0.5) is 5.69 Å². The van der Waals surface area contributed by atoms with Crippen LogP contribution in [0.15, 0.2) is 18.2 Å². The maximum Gasteiger partial charge on any atom is 0.224 e. The molecular weight excluding hydrogens is 204 g/mol. The van der Waals surface area contributed by atoms with Gasteiger partial charge in [0.05, 0.1) is 12.1 Å². The number of aromatic hydroxyl groups is 1. The second-order valence-corrected chi connectivity index (χ2v) is 3.77. The number of hydrogen-bond acceptors (Lipinski definition) is 3. The number of nitrogen functional groups attached to an aromatic ring is 1. The summed E-state index contributed by atoms with van der Waals surface area (Å²) in [4.78, 5) is 11.5. The third-order valence-electron chi connectivity index (χ3n) is 2.31. The molecule has 4 heteroatoms. The highest BCUT2D eigenvalue weighted by atomic mass is 16.3. The second-order valence-electron chi connectivity index (χ2n) is 3.77. The summed E-state index contributed by atoms with van der Waals surface area (Å²) in [6, 6.07) is 4.87. The number of carbonyl (C=O) groups is 1. The van der Waals surface area contributed by atoms with E-state index in [9.17, 15) is 9.90 Å². The van der Waals surface area contributed by atoms with Crippen molar-refractivity contribution in [3.05, 3.63) is 23.8 Å². The van der Waals surface area contributed by atoms with E-state index in [1.54, 1.807) is 12.1 Å². The third kappa shape index (κ3) is 3.81. The first-order chi connectivity index (χ1) is 7.63. The largest absolute Gasteiger partial charge is 0.506 e. The molecule has 0 aromatic heterocycles. The molecule has 1 aromatic rings. The first-order valence-electron chi connectivity index (χ1n) is 5.47. The van der Waals surface area contributed by atoms with Crippen LogP contribution in [0.25, 0.3) is 0 Å². The number of amides is 1. The van der Waals surface area contributed by atoms with E-state index in [1.807, 2.05) is 0 Å². The predicted molar refractivity (Wildman–Crippen MR) is 64.1 cm³/mol. The van der Waals surface area contributed by atoms with Crippen molar-refractivity contribution < 1.29 is 9.90 Å². The van der Waals surface area contributed by atoms with E-state index in [4.69, 9.17) is 5.73 Å². The van der Waals surface area contributed by atoms with Gasteiger partial charge in [-0.2, -0.15) is 0 Å². The minimum absolute atomic E-state index is 0.0267. The fourth-order valence-corrected chi connectivity index (χ4v) is 1.35. The molecule has 0 heterocycles. The molecule has 88 valence electrons. The van der Waals surface area contributed by atoms with Gasteiger partial charge in [-0.15, -0.1) is 0 Å². The first-order valence-corrected chi connectivity index (χ1v) is 5.47. The van der Waals surface area contributed by atoms with Gasteiger partial charge < -0.3 is 16.2 Å². The summed E-state index contributed by atoms with van der Waals surface area (Å²) in [7, 11) is 0. The van der Waals surface area contributed by atoms with Crippen molar-refractivity contribution in [2.24, 2.45) is 0 Å². The molecule has 1 rings (SSSR count). The molecule has 16 heavy (non-hydrogen) atoms. The van der Waals surface area contributed by atoms with E-state index < -0.39 is 0 Å². The number of anilines is 1. The van der Waals surface area contributed by atoms with Crippen LogP contribution in [0.2, 0.25) is 0 Å². The number of hydrogen-bond donors (Lipinski definition) is 3. The van der Waals surface area contributed by atoms with Gasteiger partial charge in [-0.25, -0.2) is 0 Å². The van der Waals surface area contributed by atoms with Crippen LogP contribution in [0.3, 0.4) is 0 Å². The van der Waals surface area contributed by atoms with Crippen LogP contribution in [0, 0.1) is 0 Å². The highest BCUT2D eigenvalue weighted by Crippen LogP contribution is 2.20. The lowest BCUT2D eigenvalue weighted by atomic mass is 10.1. The molecule has 1 aromatic carbocycles. The third-order valence-corrected chi connectivity index (χ3v) is 2.31. The van der Waals surface area contributed by atoms with Gasteiger partial charge in [0.25, 0.3) is 0 Å². The average molecular weight is 222 g/mol. The lowest BCUT2D eigenvalue weighted by Gasteiger charge is -2.05. The minimum Gasteiger partial charge on any atom is -0.506 e. The molecular formula is C12H18N2O2. The molecule has 0 aliphatic heterocycles. The molecule has 0 radical (unpaired) electrons. The minimum atomic E-state index is -0.0300. The van der Waals surface area contributed by atoms with Gasteiger partial charge in [-0.1, -0.05) is 19.4 Å². The van der Waals surface area contributed by atoms with Gasteiger partial charge in [0, 0.05) is 6.54 Å². The van der Waals surface area contributed by atoms with E-state index in [0.717, 1.165) is 18.4 Å². The number of phenolic OH excluding ortho intramolecular Hbond substituents is 1. The molecule has 0 bridgehead atoms. The number of rotatable bonds is 5. The summed E-state index contributed by atoms with van der Waals surface area (Å²) < 4.78 is 0. The van der Waals surface area contributed by atoms with Crippen molar-refractivity contribution in [3.8, 4) is 5.75 Å². The Kier molecular flexibility index (Phi) is 4.64. The summed E-state index contributed by atoms with van der Waals surface area (Å²) in [5.41, 5.74) is 6.56. The quantitative estimate of drug-likeness (QED) is 0.401. The van der Waals surface area contributed by atoms with Crippen molar-refractivity contribution in [2.75, 3.05) is 12.3 Å². The van der Waals surface area contributed by atoms with Crippen molar-refractivity contribution in [1.29, 1.82) is 0 Å². The van der Waals surface area contributed by atoms with Crippen molar-refractivity contribution in [1.82, 2.24) is 5.32 Å². The van der Waals surface area contributed by atoms with Gasteiger partial charge in [-0.3, -0.25) is 4.79 Å². The van der Waals surface area contributed by atoms with E-state index in [2.05, 4.69) is 12.2 Å². The molecule has 4 nitrogen and oxygen atoms in total. The van der Waals surface area contributed by atoms with Crippen LogP contribution in [0.5, 0.6) is 5.75 Å². The summed E-state index contributed by atoms with van der Waals surface area (Å²) in [6.07, 6.45) is 2.32. The maximum atomic E-state index is 11.5. The summed E-state index contributed by atoms with van der Waals surface area (Å²) in [6.45, 7) is 2.78. The van der Waals surface area contributed by atoms with Crippen molar-refractivity contribution in [2.45, 2.75) is 26.2 Å². The van der Waals surface area contributed by atoms with Gasteiger partial charge in [0.15, 0.2) is 0 Å². The highest BCUT2D eigenvalue weighted by molar-refractivity contribution is 5.78. The lowest BCUT2D eigenvalue weighted by molar-refractivity contribution is -0.120. The van der Waals surface area contributed by atoms with E-state index in [1.165, 1.54) is 6.07 Å². The number of nitrogens with one attached hydrogen (secondary N) is 1. The topological polar surface area (TPSA) is 75.4 Å². The number of phenols is 1. The Hall–Kier alpha value is -1.71. The Morgan fingerprint density at radius 2 is 2.25 bits per heavy atom. The number of nitrogens with two attached hydrogens (primary N) is 1. The van der Waals surface area contributed by atoms with E-state index in [0.29, 0.717) is 12.2 Å². The first kappa shape index (κ1) is 12.4. The predicted octanol–water partition coefficient (Wildman–Crippen LogP) is 1.43. The van der Waals surface area contributed by atoms with Crippen molar-refractivity contribution in [3.63, 3.8) is 0 Å². The number of carbonyl (C=O) groups excluding carboxylic acids is 1. The van der Waals surface area contributed by atoms with Crippen LogP contribution < -0.4 is 11.1 Å². The summed E-state index contributed by atoms with van der Waals surface area (Å²) in [5, 5.41) is 12.2. The lowest BCUT2D eigenvalue weighted by Crippen LogP contribution is -2.25. The fraction of sp³-hybridized carbons (Fsp3) is 0.417. The molecule has 4 N–H and O–H groups in total. The molecule has 1 amide bonds. The van der Waals surface area contributed by atoms with E-state index >= 15 is 0 Å². The van der Waals surface area contributed by atoms with Crippen LogP contribution in [-0.4, -0.2) is 17.6 Å². The molecule has 0 atom stereocenters. The second kappa shape index (κ2) is 6.00. The van der Waals surface area contributed by atoms with Crippen molar-refractivity contribution >= 4 is 11.6 Å². The molecule has 0 fully saturated rings. The molecule has 0 aliphatic carbocycles. The van der Waals surface area contributed by atoms with Gasteiger partial charge in [0.2, 0.25) is 5.91 Å². The zero-order chi connectivity index (χ0) is 12.0. The normalized spacial score (nSPS) is 10.1. The van der Waals surface area contributed by atoms with Gasteiger partial charge in [0.1, 0.15) is 5.75 Å². The molecule has 0 saturated carbocycles. The zero-order valence-corrected chi connectivity index (χ0v) is 9.49. The maximum absolute atomic E-state index is 11.5. The standard InChI is InChI=1S/C12H18N2O2/c1-2-3-6-14-12(16)8-9-4-5-10(13)11(15)7-9/h4-5,7,15H,2-3,6,8,13H2,1H3,(H,14,16). The monoisotopic (exact) mass is 222 g/mol. The Morgan fingerprint density at radius 3 is 2.88 bits per heavy atom. The van der Waals surface area contributed by atoms with Crippen LogP contribution in [-0.2, 0) is 11.2 Å². The Balaban J connectivity index is 2.46. The number of benzene rings is 1. The number of unbranched alkanes of at least 4 members (excludes halogenated alkanes) is 1. The van der Waals surface area contributed by atoms with E-state index in [-0.39, 0.29) is 18.1 Å². The smallest absolute Gasteiger partial charge is 0.224 e. The van der Waals surface area contributed by atoms with Crippen LogP contribution in [0.1, 0.15) is 25.3 Å². The molecule has 0 saturated heterocycles. The summed E-state index contributed by atoms with van der Waals surface area (Å²) in [5.74, 6) is -0.00326. The van der Waals surface area contributed by atoms with Crippen LogP contribution >= 0.6 is 0 Å². The average Bonchev–Trinajstić information content (AvgIpc) is 2.24. The molecule has 0 unspecified atom stereocenters. The Bertz CT molecular complexity index is 364. The van der Waals surface area contributed by atoms with Gasteiger partial charge in [-0.05, 0) is 24.1 Å².